The van der Waals surface area contributed by atoms with Crippen LogP contribution in [0.3, 0.4) is 0 Å². The van der Waals surface area contributed by atoms with Crippen molar-refractivity contribution in [2.24, 2.45) is 0 Å². The van der Waals surface area contributed by atoms with Crippen molar-refractivity contribution in [3.8, 4) is 27.8 Å². The van der Waals surface area contributed by atoms with Crippen LogP contribution in [0.25, 0.3) is 20.5 Å². The van der Waals surface area contributed by atoms with Crippen LogP contribution in [0.4, 0.5) is 0 Å². The monoisotopic (exact) mass is 543 g/mol. The predicted octanol–water partition coefficient (Wildman–Crippen LogP) is 6.21. The van der Waals surface area contributed by atoms with Crippen molar-refractivity contribution in [2.45, 2.75) is 32.1 Å². The molecule has 2 aliphatic rings. The minimum absolute atomic E-state index is 0.289. The Bertz CT molecular complexity index is 1360. The highest BCUT2D eigenvalue weighted by atomic mass is 32.1. The van der Waals surface area contributed by atoms with E-state index in [4.69, 9.17) is 9.47 Å². The number of thiophene rings is 1. The molecule has 4 aromatic rings. The van der Waals surface area contributed by atoms with Gasteiger partial charge in [-0.2, -0.15) is 0 Å². The zero-order valence-electron chi connectivity index (χ0n) is 22.5. The van der Waals surface area contributed by atoms with Crippen LogP contribution in [0.5, 0.6) is 17.4 Å². The fourth-order valence-corrected chi connectivity index (χ4v) is 6.88. The number of rotatable bonds is 11. The summed E-state index contributed by atoms with van der Waals surface area (Å²) in [5.41, 5.74) is 3.55. The number of hydrogen-bond acceptors (Lipinski definition) is 7. The predicted molar refractivity (Wildman–Crippen MR) is 158 cm³/mol. The Labute approximate surface area is 234 Å². The van der Waals surface area contributed by atoms with Crippen molar-refractivity contribution in [3.05, 3.63) is 71.9 Å². The van der Waals surface area contributed by atoms with Gasteiger partial charge in [-0.3, -0.25) is 9.80 Å². The molecule has 0 unspecified atom stereocenters. The first-order valence-corrected chi connectivity index (χ1v) is 15.0. The maximum atomic E-state index is 10.1. The molecule has 2 aromatic heterocycles. The lowest BCUT2D eigenvalue weighted by Gasteiger charge is -2.15. The Hall–Kier alpha value is -3.13. The number of phenolic OH excluding ortho intramolecular Hbond substituents is 1. The van der Waals surface area contributed by atoms with Crippen LogP contribution in [0.1, 0.15) is 36.8 Å². The van der Waals surface area contributed by atoms with Crippen LogP contribution in [0, 0.1) is 0 Å². The summed E-state index contributed by atoms with van der Waals surface area (Å²) in [5.74, 6) is 1.87. The summed E-state index contributed by atoms with van der Waals surface area (Å²) in [4.78, 5) is 10.7. The van der Waals surface area contributed by atoms with Gasteiger partial charge in [-0.05, 0) is 111 Å². The Morgan fingerprint density at radius 3 is 2.15 bits per heavy atom. The van der Waals surface area contributed by atoms with Gasteiger partial charge < -0.3 is 14.6 Å². The number of pyridine rings is 1. The molecule has 2 aromatic carbocycles. The number of aromatic nitrogens is 1. The van der Waals surface area contributed by atoms with Crippen LogP contribution >= 0.6 is 11.3 Å². The van der Waals surface area contributed by atoms with E-state index in [-0.39, 0.29) is 5.75 Å². The third kappa shape index (κ3) is 6.55. The molecule has 204 valence electrons. The number of likely N-dealkylation sites (tertiary alicyclic amines) is 2. The zero-order chi connectivity index (χ0) is 26.4. The van der Waals surface area contributed by atoms with E-state index in [1.807, 2.05) is 24.4 Å². The lowest BCUT2D eigenvalue weighted by molar-refractivity contribution is 0.232. The SMILES string of the molecule is Oc1ccc2c(Cc3ccc(OCCN4CCCC4)cc3)c(-c3ccc(OCCN4CCCC4)nc3)sc2c1. The summed E-state index contributed by atoms with van der Waals surface area (Å²) in [6.07, 6.45) is 7.90. The van der Waals surface area contributed by atoms with E-state index in [1.54, 1.807) is 17.4 Å². The van der Waals surface area contributed by atoms with E-state index < -0.39 is 0 Å². The molecule has 0 saturated carbocycles. The highest BCUT2D eigenvalue weighted by molar-refractivity contribution is 7.22. The first-order valence-electron chi connectivity index (χ1n) is 14.2. The summed E-state index contributed by atoms with van der Waals surface area (Å²) in [5, 5.41) is 11.3. The van der Waals surface area contributed by atoms with Crippen LogP contribution in [0.15, 0.2) is 60.8 Å². The number of phenols is 1. The van der Waals surface area contributed by atoms with Gasteiger partial charge >= 0.3 is 0 Å². The molecule has 39 heavy (non-hydrogen) atoms. The molecule has 1 N–H and O–H groups in total. The molecule has 0 spiro atoms. The van der Waals surface area contributed by atoms with E-state index in [2.05, 4.69) is 45.1 Å². The first-order chi connectivity index (χ1) is 19.2. The van der Waals surface area contributed by atoms with Gasteiger partial charge in [0.2, 0.25) is 5.88 Å². The van der Waals surface area contributed by atoms with E-state index in [0.717, 1.165) is 42.1 Å². The topological polar surface area (TPSA) is 58.1 Å². The van der Waals surface area contributed by atoms with Crippen molar-refractivity contribution in [3.63, 3.8) is 0 Å². The molecule has 7 heteroatoms. The Balaban J connectivity index is 1.15. The maximum absolute atomic E-state index is 10.1. The van der Waals surface area contributed by atoms with Gasteiger partial charge in [0.25, 0.3) is 0 Å². The summed E-state index contributed by atoms with van der Waals surface area (Å²) in [7, 11) is 0. The van der Waals surface area contributed by atoms with Crippen molar-refractivity contribution in [1.29, 1.82) is 0 Å². The minimum atomic E-state index is 0.289. The molecule has 4 heterocycles. The summed E-state index contributed by atoms with van der Waals surface area (Å²) in [6, 6.07) is 18.2. The number of nitrogens with zero attached hydrogens (tertiary/aromatic N) is 3. The molecule has 2 fully saturated rings. The molecule has 2 aliphatic heterocycles. The Morgan fingerprint density at radius 1 is 0.795 bits per heavy atom. The lowest BCUT2D eigenvalue weighted by atomic mass is 9.99. The van der Waals surface area contributed by atoms with Gasteiger partial charge in [0.1, 0.15) is 24.7 Å². The average molecular weight is 544 g/mol. The molecule has 0 bridgehead atoms. The third-order valence-electron chi connectivity index (χ3n) is 7.81. The maximum Gasteiger partial charge on any atom is 0.213 e. The standard InChI is InChI=1S/C32H37N3O3S/c36-26-8-11-28-29(21-24-5-9-27(10-6-24)37-19-17-34-13-1-2-14-34)32(39-30(28)22-26)25-7-12-31(33-23-25)38-20-18-35-15-3-4-16-35/h5-12,22-23,36H,1-4,13-21H2. The second-order valence-corrected chi connectivity index (χ2v) is 11.6. The fraction of sp³-hybridized carbons (Fsp3) is 0.406. The summed E-state index contributed by atoms with van der Waals surface area (Å²) < 4.78 is 13.0. The van der Waals surface area contributed by atoms with Crippen LogP contribution in [-0.4, -0.2) is 72.4 Å². The van der Waals surface area contributed by atoms with Gasteiger partial charge in [0, 0.05) is 40.5 Å². The molecular weight excluding hydrogens is 506 g/mol. The molecule has 0 aliphatic carbocycles. The first kappa shape index (κ1) is 26.1. The van der Waals surface area contributed by atoms with Crippen LogP contribution < -0.4 is 9.47 Å². The highest BCUT2D eigenvalue weighted by Gasteiger charge is 2.17. The van der Waals surface area contributed by atoms with Crippen molar-refractivity contribution in [1.82, 2.24) is 14.8 Å². The molecule has 2 saturated heterocycles. The second-order valence-electron chi connectivity index (χ2n) is 10.6. The molecule has 0 amide bonds. The van der Waals surface area contributed by atoms with Crippen molar-refractivity contribution >= 4 is 21.4 Å². The molecule has 6 rings (SSSR count). The van der Waals surface area contributed by atoms with Gasteiger partial charge in [0.05, 0.1) is 0 Å². The number of aromatic hydroxyl groups is 1. The van der Waals surface area contributed by atoms with E-state index in [1.165, 1.54) is 73.3 Å². The van der Waals surface area contributed by atoms with Crippen LogP contribution in [-0.2, 0) is 6.42 Å². The minimum Gasteiger partial charge on any atom is -0.508 e. The van der Waals surface area contributed by atoms with E-state index in [9.17, 15) is 5.11 Å². The number of ether oxygens (including phenoxy) is 2. The molecule has 0 radical (unpaired) electrons. The quantitative estimate of drug-likeness (QED) is 0.243. The van der Waals surface area contributed by atoms with Gasteiger partial charge in [-0.15, -0.1) is 11.3 Å². The van der Waals surface area contributed by atoms with Gasteiger partial charge in [0.15, 0.2) is 0 Å². The lowest BCUT2D eigenvalue weighted by Crippen LogP contribution is -2.25. The molecular formula is C32H37N3O3S. The second kappa shape index (κ2) is 12.4. The summed E-state index contributed by atoms with van der Waals surface area (Å²) in [6.45, 7) is 8.08. The smallest absolute Gasteiger partial charge is 0.213 e. The van der Waals surface area contributed by atoms with Crippen molar-refractivity contribution in [2.75, 3.05) is 52.5 Å². The fourth-order valence-electron chi connectivity index (χ4n) is 5.64. The average Bonchev–Trinajstić information content (AvgIpc) is 3.73. The Kier molecular flexibility index (Phi) is 8.28. The molecule has 6 nitrogen and oxygen atoms in total. The molecule has 0 atom stereocenters. The highest BCUT2D eigenvalue weighted by Crippen LogP contribution is 2.41. The normalized spacial score (nSPS) is 16.3. The number of hydrogen-bond donors (Lipinski definition) is 1. The Morgan fingerprint density at radius 2 is 1.49 bits per heavy atom. The third-order valence-corrected chi connectivity index (χ3v) is 9.05. The van der Waals surface area contributed by atoms with Crippen molar-refractivity contribution < 1.29 is 14.6 Å². The summed E-state index contributed by atoms with van der Waals surface area (Å²) >= 11 is 1.70. The van der Waals surface area contributed by atoms with E-state index in [0.29, 0.717) is 12.5 Å². The van der Waals surface area contributed by atoms with E-state index >= 15 is 0 Å². The number of fused-ring (bicyclic) bond motifs is 1. The zero-order valence-corrected chi connectivity index (χ0v) is 23.3. The number of benzene rings is 2. The van der Waals surface area contributed by atoms with Crippen LogP contribution in [0.2, 0.25) is 0 Å². The van der Waals surface area contributed by atoms with Gasteiger partial charge in [-0.25, -0.2) is 4.98 Å². The van der Waals surface area contributed by atoms with Gasteiger partial charge in [-0.1, -0.05) is 12.1 Å². The largest absolute Gasteiger partial charge is 0.508 e.